The van der Waals surface area contributed by atoms with E-state index in [9.17, 15) is 9.59 Å². The number of amides is 1. The molecule has 0 fully saturated rings. The van der Waals surface area contributed by atoms with Crippen molar-refractivity contribution in [2.45, 2.75) is 25.3 Å². The van der Waals surface area contributed by atoms with Crippen molar-refractivity contribution >= 4 is 11.9 Å². The minimum Gasteiger partial charge on any atom is -0.480 e. The highest BCUT2D eigenvalue weighted by molar-refractivity contribution is 5.83. The Bertz CT molecular complexity index is 584. The quantitative estimate of drug-likeness (QED) is 0.689. The molecule has 0 aliphatic heterocycles. The first-order chi connectivity index (χ1) is 10.1. The second-order valence-electron chi connectivity index (χ2n) is 4.59. The van der Waals surface area contributed by atoms with Gasteiger partial charge in [-0.15, -0.1) is 0 Å². The van der Waals surface area contributed by atoms with Gasteiger partial charge in [-0.25, -0.2) is 9.78 Å². The van der Waals surface area contributed by atoms with Gasteiger partial charge >= 0.3 is 5.97 Å². The molecule has 1 amide bonds. The number of aryl methyl sites for hydroxylation is 1. The fourth-order valence-electron chi connectivity index (χ4n) is 1.89. The molecule has 7 heteroatoms. The molecule has 0 aromatic carbocycles. The number of aromatic nitrogens is 3. The highest BCUT2D eigenvalue weighted by Crippen LogP contribution is 2.03. The van der Waals surface area contributed by atoms with Crippen LogP contribution in [0.3, 0.4) is 0 Å². The first kappa shape index (κ1) is 14.7. The number of hydrogen-bond donors (Lipinski definition) is 3. The van der Waals surface area contributed by atoms with E-state index in [2.05, 4.69) is 20.3 Å². The standard InChI is InChI=1S/C14H16N4O3/c19-13(2-1-10-3-5-15-6-4-10)18-12(14(20)21)7-11-8-16-9-17-11/h3-6,8-9,12H,1-2,7H2,(H,16,17)(H,18,19)(H,20,21). The van der Waals surface area contributed by atoms with Crippen molar-refractivity contribution in [2.75, 3.05) is 0 Å². The van der Waals surface area contributed by atoms with E-state index in [1.807, 2.05) is 12.1 Å². The molecular formula is C14H16N4O3. The van der Waals surface area contributed by atoms with Gasteiger partial charge in [0.2, 0.25) is 5.91 Å². The lowest BCUT2D eigenvalue weighted by Crippen LogP contribution is -2.42. The van der Waals surface area contributed by atoms with Crippen LogP contribution in [-0.4, -0.2) is 38.0 Å². The molecule has 21 heavy (non-hydrogen) atoms. The molecule has 7 nitrogen and oxygen atoms in total. The Kier molecular flexibility index (Phi) is 5.03. The topological polar surface area (TPSA) is 108 Å². The third-order valence-electron chi connectivity index (χ3n) is 3.00. The number of aliphatic carboxylic acids is 1. The number of carboxylic acid groups (broad SMARTS) is 1. The second-order valence-corrected chi connectivity index (χ2v) is 4.59. The summed E-state index contributed by atoms with van der Waals surface area (Å²) in [6.07, 6.45) is 7.29. The number of H-pyrrole nitrogens is 1. The Hall–Kier alpha value is -2.70. The van der Waals surface area contributed by atoms with Crippen LogP contribution in [-0.2, 0) is 22.4 Å². The van der Waals surface area contributed by atoms with Gasteiger partial charge in [-0.1, -0.05) is 0 Å². The zero-order valence-electron chi connectivity index (χ0n) is 11.3. The molecule has 1 atom stereocenters. The van der Waals surface area contributed by atoms with Crippen molar-refractivity contribution in [3.05, 3.63) is 48.3 Å². The van der Waals surface area contributed by atoms with Gasteiger partial charge < -0.3 is 15.4 Å². The SMILES string of the molecule is O=C(CCc1ccncc1)NC(Cc1cnc[nH]1)C(=O)O. The van der Waals surface area contributed by atoms with Gasteiger partial charge in [0.15, 0.2) is 0 Å². The average Bonchev–Trinajstić information content (AvgIpc) is 2.98. The van der Waals surface area contributed by atoms with Gasteiger partial charge in [0.1, 0.15) is 6.04 Å². The minimum absolute atomic E-state index is 0.177. The number of nitrogens with one attached hydrogen (secondary N) is 2. The summed E-state index contributed by atoms with van der Waals surface area (Å²) in [6, 6.07) is 2.69. The van der Waals surface area contributed by atoms with Crippen LogP contribution in [0.5, 0.6) is 0 Å². The molecule has 0 bridgehead atoms. The number of carbonyl (C=O) groups excluding carboxylic acids is 1. The first-order valence-corrected chi connectivity index (χ1v) is 6.53. The number of nitrogens with zero attached hydrogens (tertiary/aromatic N) is 2. The normalized spacial score (nSPS) is 11.8. The first-order valence-electron chi connectivity index (χ1n) is 6.53. The van der Waals surface area contributed by atoms with Crippen molar-refractivity contribution < 1.29 is 14.7 Å². The lowest BCUT2D eigenvalue weighted by atomic mass is 10.1. The summed E-state index contributed by atoms with van der Waals surface area (Å²) in [5.41, 5.74) is 1.65. The number of carboxylic acids is 1. The molecule has 3 N–H and O–H groups in total. The van der Waals surface area contributed by atoms with E-state index >= 15 is 0 Å². The Morgan fingerprint density at radius 2 is 2.05 bits per heavy atom. The maximum Gasteiger partial charge on any atom is 0.326 e. The van der Waals surface area contributed by atoms with Crippen molar-refractivity contribution in [1.29, 1.82) is 0 Å². The van der Waals surface area contributed by atoms with Crippen LogP contribution in [0.25, 0.3) is 0 Å². The highest BCUT2D eigenvalue weighted by Gasteiger charge is 2.20. The van der Waals surface area contributed by atoms with Gasteiger partial charge in [-0.3, -0.25) is 9.78 Å². The molecule has 0 spiro atoms. The molecular weight excluding hydrogens is 272 g/mol. The molecule has 2 aromatic heterocycles. The summed E-state index contributed by atoms with van der Waals surface area (Å²) in [4.78, 5) is 33.6. The van der Waals surface area contributed by atoms with Crippen molar-refractivity contribution in [2.24, 2.45) is 0 Å². The highest BCUT2D eigenvalue weighted by atomic mass is 16.4. The smallest absolute Gasteiger partial charge is 0.326 e. The zero-order chi connectivity index (χ0) is 15.1. The largest absolute Gasteiger partial charge is 0.480 e. The molecule has 0 radical (unpaired) electrons. The van der Waals surface area contributed by atoms with E-state index < -0.39 is 12.0 Å². The summed E-state index contributed by atoms with van der Waals surface area (Å²) in [5, 5.41) is 11.7. The molecule has 2 aromatic rings. The van der Waals surface area contributed by atoms with Crippen LogP contribution in [0.4, 0.5) is 0 Å². The van der Waals surface area contributed by atoms with Crippen LogP contribution in [0.2, 0.25) is 0 Å². The number of pyridine rings is 1. The summed E-state index contributed by atoms with van der Waals surface area (Å²) in [7, 11) is 0. The van der Waals surface area contributed by atoms with Crippen molar-refractivity contribution in [3.8, 4) is 0 Å². The van der Waals surface area contributed by atoms with Crippen LogP contribution in [0.1, 0.15) is 17.7 Å². The lowest BCUT2D eigenvalue weighted by molar-refractivity contribution is -0.141. The molecule has 0 saturated heterocycles. The predicted octanol–water partition coefficient (Wildman–Crippen LogP) is 0.549. The molecule has 0 aliphatic rings. The molecule has 2 heterocycles. The van der Waals surface area contributed by atoms with Gasteiger partial charge in [0, 0.05) is 37.1 Å². The van der Waals surface area contributed by atoms with E-state index in [1.54, 1.807) is 18.6 Å². The molecule has 110 valence electrons. The van der Waals surface area contributed by atoms with E-state index in [-0.39, 0.29) is 18.7 Å². The Labute approximate surface area is 121 Å². The monoisotopic (exact) mass is 288 g/mol. The van der Waals surface area contributed by atoms with Crippen LogP contribution in [0, 0.1) is 0 Å². The van der Waals surface area contributed by atoms with E-state index in [4.69, 9.17) is 5.11 Å². The third kappa shape index (κ3) is 4.72. The fraction of sp³-hybridized carbons (Fsp3) is 0.286. The molecule has 1 unspecified atom stereocenters. The summed E-state index contributed by atoms with van der Waals surface area (Å²) >= 11 is 0. The molecule has 2 rings (SSSR count). The Morgan fingerprint density at radius 1 is 1.29 bits per heavy atom. The number of hydrogen-bond acceptors (Lipinski definition) is 4. The van der Waals surface area contributed by atoms with Crippen LogP contribution >= 0.6 is 0 Å². The lowest BCUT2D eigenvalue weighted by Gasteiger charge is -2.13. The zero-order valence-corrected chi connectivity index (χ0v) is 11.3. The maximum absolute atomic E-state index is 11.8. The summed E-state index contributed by atoms with van der Waals surface area (Å²) in [6.45, 7) is 0. The van der Waals surface area contributed by atoms with Gasteiger partial charge in [0.05, 0.1) is 6.33 Å². The average molecular weight is 288 g/mol. The summed E-state index contributed by atoms with van der Waals surface area (Å²) < 4.78 is 0. The Balaban J connectivity index is 1.85. The number of carbonyl (C=O) groups is 2. The number of aromatic amines is 1. The predicted molar refractivity (Wildman–Crippen MR) is 74.4 cm³/mol. The van der Waals surface area contributed by atoms with Gasteiger partial charge in [0.25, 0.3) is 0 Å². The van der Waals surface area contributed by atoms with Crippen molar-refractivity contribution in [3.63, 3.8) is 0 Å². The Morgan fingerprint density at radius 3 is 2.67 bits per heavy atom. The van der Waals surface area contributed by atoms with Gasteiger partial charge in [-0.05, 0) is 24.1 Å². The number of rotatable bonds is 7. The van der Waals surface area contributed by atoms with Crippen LogP contribution in [0.15, 0.2) is 37.1 Å². The molecule has 0 aliphatic carbocycles. The molecule has 0 saturated carbocycles. The fourth-order valence-corrected chi connectivity index (χ4v) is 1.89. The number of imidazole rings is 1. The van der Waals surface area contributed by atoms with Crippen LogP contribution < -0.4 is 5.32 Å². The minimum atomic E-state index is -1.07. The third-order valence-corrected chi connectivity index (χ3v) is 3.00. The summed E-state index contributed by atoms with van der Waals surface area (Å²) in [5.74, 6) is -1.36. The second kappa shape index (κ2) is 7.18. The van der Waals surface area contributed by atoms with E-state index in [0.29, 0.717) is 12.1 Å². The van der Waals surface area contributed by atoms with Crippen molar-refractivity contribution in [1.82, 2.24) is 20.3 Å². The maximum atomic E-state index is 11.8. The van der Waals surface area contributed by atoms with Gasteiger partial charge in [-0.2, -0.15) is 0 Å². The van der Waals surface area contributed by atoms with E-state index in [0.717, 1.165) is 5.56 Å². The van der Waals surface area contributed by atoms with E-state index in [1.165, 1.54) is 6.33 Å².